The summed E-state index contributed by atoms with van der Waals surface area (Å²) >= 11 is 0. The number of carbonyl (C=O) groups excluding carboxylic acids is 1. The Hall–Kier alpha value is -3.27. The Morgan fingerprint density at radius 2 is 2.17 bits per heavy atom. The van der Waals surface area contributed by atoms with Crippen molar-refractivity contribution in [2.45, 2.75) is 6.92 Å². The molecule has 10 nitrogen and oxygen atoms in total. The van der Waals surface area contributed by atoms with Gasteiger partial charge in [0.05, 0.1) is 12.2 Å². The Bertz CT molecular complexity index is 1080. The summed E-state index contributed by atoms with van der Waals surface area (Å²) in [7, 11) is 1.76. The number of likely N-dealkylation sites (tertiary alicyclic amines) is 1. The third-order valence-corrected chi connectivity index (χ3v) is 6.25. The molecule has 2 aliphatic heterocycles. The SMILES string of the molecule is Cc1noc(-c2ccc(N3C[C@H]4CN(C(=O)c5ccnn5C)C[C@@]4(CO)C3)nc2)n1. The van der Waals surface area contributed by atoms with E-state index in [2.05, 4.69) is 25.1 Å². The Kier molecular flexibility index (Phi) is 4.31. The summed E-state index contributed by atoms with van der Waals surface area (Å²) in [4.78, 5) is 25.7. The predicted octanol–water partition coefficient (Wildman–Crippen LogP) is 0.744. The third kappa shape index (κ3) is 2.95. The third-order valence-electron chi connectivity index (χ3n) is 6.25. The van der Waals surface area contributed by atoms with Gasteiger partial charge in [0.25, 0.3) is 11.8 Å². The van der Waals surface area contributed by atoms with Crippen LogP contribution in [0.15, 0.2) is 35.1 Å². The van der Waals surface area contributed by atoms with E-state index in [0.29, 0.717) is 37.0 Å². The first-order valence-corrected chi connectivity index (χ1v) is 9.89. The second-order valence-electron chi connectivity index (χ2n) is 8.18. The summed E-state index contributed by atoms with van der Waals surface area (Å²) in [6.45, 7) is 4.32. The van der Waals surface area contributed by atoms with Crippen LogP contribution in [0.5, 0.6) is 0 Å². The van der Waals surface area contributed by atoms with Gasteiger partial charge in [-0.3, -0.25) is 9.48 Å². The quantitative estimate of drug-likeness (QED) is 0.671. The number of rotatable bonds is 4. The summed E-state index contributed by atoms with van der Waals surface area (Å²) < 4.78 is 6.78. The number of nitrogens with zero attached hydrogens (tertiary/aromatic N) is 7. The van der Waals surface area contributed by atoms with Crippen LogP contribution in [0.1, 0.15) is 16.3 Å². The maximum atomic E-state index is 12.9. The minimum absolute atomic E-state index is 0.0304. The maximum Gasteiger partial charge on any atom is 0.272 e. The number of anilines is 1. The van der Waals surface area contributed by atoms with Crippen molar-refractivity contribution >= 4 is 11.7 Å². The smallest absolute Gasteiger partial charge is 0.272 e. The van der Waals surface area contributed by atoms with E-state index in [4.69, 9.17) is 4.52 Å². The van der Waals surface area contributed by atoms with Gasteiger partial charge in [0.2, 0.25) is 0 Å². The molecule has 3 aromatic rings. The van der Waals surface area contributed by atoms with Crippen molar-refractivity contribution in [2.75, 3.05) is 37.7 Å². The molecule has 0 unspecified atom stereocenters. The molecular formula is C20H23N7O3. The molecule has 5 heterocycles. The molecule has 30 heavy (non-hydrogen) atoms. The van der Waals surface area contributed by atoms with Crippen LogP contribution in [0.4, 0.5) is 5.82 Å². The fourth-order valence-corrected chi connectivity index (χ4v) is 4.59. The molecule has 2 saturated heterocycles. The van der Waals surface area contributed by atoms with Crippen molar-refractivity contribution in [1.29, 1.82) is 0 Å². The summed E-state index contributed by atoms with van der Waals surface area (Å²) in [6.07, 6.45) is 3.35. The molecule has 1 N–H and O–H groups in total. The maximum absolute atomic E-state index is 12.9. The molecule has 0 saturated carbocycles. The van der Waals surface area contributed by atoms with Crippen molar-refractivity contribution in [3.63, 3.8) is 0 Å². The number of aryl methyl sites for hydroxylation is 2. The van der Waals surface area contributed by atoms with Gasteiger partial charge in [-0.25, -0.2) is 4.98 Å². The van der Waals surface area contributed by atoms with Gasteiger partial charge < -0.3 is 19.4 Å². The molecule has 2 fully saturated rings. The molecular weight excluding hydrogens is 386 g/mol. The highest BCUT2D eigenvalue weighted by Crippen LogP contribution is 2.43. The van der Waals surface area contributed by atoms with Crippen LogP contribution in [-0.4, -0.2) is 73.6 Å². The second-order valence-corrected chi connectivity index (χ2v) is 8.18. The number of carbonyl (C=O) groups is 1. The molecule has 5 rings (SSSR count). The van der Waals surface area contributed by atoms with Gasteiger partial charge in [-0.15, -0.1) is 0 Å². The minimum Gasteiger partial charge on any atom is -0.396 e. The largest absolute Gasteiger partial charge is 0.396 e. The van der Waals surface area contributed by atoms with Crippen LogP contribution in [-0.2, 0) is 7.05 Å². The molecule has 0 radical (unpaired) electrons. The average molecular weight is 409 g/mol. The number of pyridine rings is 1. The van der Waals surface area contributed by atoms with Gasteiger partial charge in [-0.2, -0.15) is 10.1 Å². The molecule has 1 amide bonds. The number of hydrogen-bond acceptors (Lipinski definition) is 8. The zero-order valence-corrected chi connectivity index (χ0v) is 16.9. The standard InChI is InChI=1S/C20H23N7O3/c1-13-23-18(30-24-13)14-3-4-17(21-7-14)26-8-15-9-27(11-20(15,10-26)12-28)19(29)16-5-6-22-25(16)2/h3-7,15,28H,8-12H2,1-2H3/t15-,20+/m0/s1. The normalized spacial score (nSPS) is 23.2. The molecule has 0 bridgehead atoms. The van der Waals surface area contributed by atoms with Crippen LogP contribution in [0, 0.1) is 18.3 Å². The van der Waals surface area contributed by atoms with Crippen LogP contribution in [0.3, 0.4) is 0 Å². The zero-order valence-electron chi connectivity index (χ0n) is 16.9. The minimum atomic E-state index is -0.349. The van der Waals surface area contributed by atoms with Gasteiger partial charge >= 0.3 is 0 Å². The van der Waals surface area contributed by atoms with E-state index >= 15 is 0 Å². The van der Waals surface area contributed by atoms with E-state index in [0.717, 1.165) is 17.9 Å². The van der Waals surface area contributed by atoms with E-state index in [1.165, 1.54) is 0 Å². The van der Waals surface area contributed by atoms with E-state index < -0.39 is 0 Å². The monoisotopic (exact) mass is 409 g/mol. The lowest BCUT2D eigenvalue weighted by atomic mass is 9.82. The summed E-state index contributed by atoms with van der Waals surface area (Å²) in [5.74, 6) is 2.00. The number of aromatic nitrogens is 5. The molecule has 10 heteroatoms. The second kappa shape index (κ2) is 6.91. The molecule has 0 aliphatic carbocycles. The number of amides is 1. The molecule has 3 aromatic heterocycles. The highest BCUT2D eigenvalue weighted by atomic mass is 16.5. The molecule has 2 atom stereocenters. The number of hydrogen-bond donors (Lipinski definition) is 1. The van der Waals surface area contributed by atoms with Gasteiger partial charge in [-0.1, -0.05) is 5.16 Å². The van der Waals surface area contributed by atoms with Crippen molar-refractivity contribution in [2.24, 2.45) is 18.4 Å². The first kappa shape index (κ1) is 18.7. The highest BCUT2D eigenvalue weighted by Gasteiger charge is 2.53. The van der Waals surface area contributed by atoms with Crippen molar-refractivity contribution in [3.8, 4) is 11.5 Å². The molecule has 0 aromatic carbocycles. The van der Waals surface area contributed by atoms with Crippen molar-refractivity contribution < 1.29 is 14.4 Å². The highest BCUT2D eigenvalue weighted by molar-refractivity contribution is 5.92. The van der Waals surface area contributed by atoms with Crippen LogP contribution in [0.2, 0.25) is 0 Å². The fourth-order valence-electron chi connectivity index (χ4n) is 4.59. The van der Waals surface area contributed by atoms with Crippen LogP contribution in [0.25, 0.3) is 11.5 Å². The lowest BCUT2D eigenvalue weighted by molar-refractivity contribution is 0.0737. The molecule has 156 valence electrons. The Labute approximate surface area is 173 Å². The van der Waals surface area contributed by atoms with Crippen LogP contribution < -0.4 is 4.90 Å². The van der Waals surface area contributed by atoms with Gasteiger partial charge in [0.1, 0.15) is 11.5 Å². The van der Waals surface area contributed by atoms with E-state index in [-0.39, 0.29) is 23.8 Å². The number of fused-ring (bicyclic) bond motifs is 1. The van der Waals surface area contributed by atoms with Crippen LogP contribution >= 0.6 is 0 Å². The zero-order chi connectivity index (χ0) is 20.9. The lowest BCUT2D eigenvalue weighted by Gasteiger charge is -2.27. The Morgan fingerprint density at radius 1 is 1.30 bits per heavy atom. The van der Waals surface area contributed by atoms with E-state index in [1.807, 2.05) is 17.0 Å². The topological polar surface area (TPSA) is 113 Å². The number of aliphatic hydroxyl groups excluding tert-OH is 1. The molecule has 0 spiro atoms. The van der Waals surface area contributed by atoms with Gasteiger partial charge in [0.15, 0.2) is 5.82 Å². The Morgan fingerprint density at radius 3 is 2.77 bits per heavy atom. The van der Waals surface area contributed by atoms with Crippen molar-refractivity contribution in [3.05, 3.63) is 42.1 Å². The predicted molar refractivity (Wildman–Crippen MR) is 107 cm³/mol. The lowest BCUT2D eigenvalue weighted by Crippen LogP contribution is -2.39. The first-order chi connectivity index (χ1) is 14.5. The van der Waals surface area contributed by atoms with E-state index in [1.54, 1.807) is 37.1 Å². The fraction of sp³-hybridized carbons (Fsp3) is 0.450. The summed E-state index contributed by atoms with van der Waals surface area (Å²) in [5, 5.41) is 18.1. The number of aliphatic hydroxyl groups is 1. The average Bonchev–Trinajstić information content (AvgIpc) is 3.50. The summed E-state index contributed by atoms with van der Waals surface area (Å²) in [6, 6.07) is 5.57. The summed E-state index contributed by atoms with van der Waals surface area (Å²) in [5.41, 5.74) is 0.982. The van der Waals surface area contributed by atoms with Gasteiger partial charge in [0, 0.05) is 57.0 Å². The van der Waals surface area contributed by atoms with Crippen molar-refractivity contribution in [1.82, 2.24) is 29.8 Å². The Balaban J connectivity index is 1.31. The van der Waals surface area contributed by atoms with Gasteiger partial charge in [-0.05, 0) is 25.1 Å². The first-order valence-electron chi connectivity index (χ1n) is 9.89. The molecule has 2 aliphatic rings. The van der Waals surface area contributed by atoms with E-state index in [9.17, 15) is 9.90 Å².